The molecule has 108 valence electrons. The second-order valence-corrected chi connectivity index (χ2v) is 4.78. The third-order valence-electron chi connectivity index (χ3n) is 2.91. The van der Waals surface area contributed by atoms with Crippen molar-refractivity contribution in [2.45, 2.75) is 6.92 Å². The number of aromatic carboxylic acids is 1. The van der Waals surface area contributed by atoms with E-state index < -0.39 is 12.0 Å². The van der Waals surface area contributed by atoms with Crippen LogP contribution in [0.3, 0.4) is 0 Å². The number of nitrogens with one attached hydrogen (secondary N) is 2. The van der Waals surface area contributed by atoms with E-state index in [1.807, 2.05) is 0 Å². The largest absolute Gasteiger partial charge is 0.478 e. The van der Waals surface area contributed by atoms with Crippen molar-refractivity contribution >= 4 is 35.0 Å². The van der Waals surface area contributed by atoms with Crippen LogP contribution in [-0.4, -0.2) is 17.1 Å². The van der Waals surface area contributed by atoms with Gasteiger partial charge < -0.3 is 15.7 Å². The molecule has 0 fully saturated rings. The minimum atomic E-state index is -1.01. The number of anilines is 2. The molecule has 0 saturated heterocycles. The SMILES string of the molecule is Cc1c(Cl)cccc1NC(=O)Nc1ccc(C(=O)O)cc1. The van der Waals surface area contributed by atoms with Gasteiger partial charge in [-0.2, -0.15) is 0 Å². The minimum absolute atomic E-state index is 0.159. The van der Waals surface area contributed by atoms with Crippen LogP contribution in [0.1, 0.15) is 15.9 Å². The summed E-state index contributed by atoms with van der Waals surface area (Å²) < 4.78 is 0. The van der Waals surface area contributed by atoms with E-state index in [9.17, 15) is 9.59 Å². The number of rotatable bonds is 3. The molecule has 0 radical (unpaired) electrons. The first-order valence-electron chi connectivity index (χ1n) is 6.14. The first-order chi connectivity index (χ1) is 9.97. The Morgan fingerprint density at radius 3 is 2.33 bits per heavy atom. The molecule has 6 heteroatoms. The van der Waals surface area contributed by atoms with Crippen molar-refractivity contribution in [3.8, 4) is 0 Å². The van der Waals surface area contributed by atoms with E-state index in [4.69, 9.17) is 16.7 Å². The molecule has 0 aromatic heterocycles. The maximum atomic E-state index is 11.9. The smallest absolute Gasteiger partial charge is 0.335 e. The second kappa shape index (κ2) is 6.28. The van der Waals surface area contributed by atoms with Crippen LogP contribution < -0.4 is 10.6 Å². The van der Waals surface area contributed by atoms with Crippen LogP contribution in [0.15, 0.2) is 42.5 Å². The molecule has 0 atom stereocenters. The predicted molar refractivity (Wildman–Crippen MR) is 82.2 cm³/mol. The Kier molecular flexibility index (Phi) is 4.45. The normalized spacial score (nSPS) is 10.0. The fourth-order valence-corrected chi connectivity index (χ4v) is 1.90. The van der Waals surface area contributed by atoms with Crippen LogP contribution in [-0.2, 0) is 0 Å². The van der Waals surface area contributed by atoms with Crippen molar-refractivity contribution in [2.75, 3.05) is 10.6 Å². The van der Waals surface area contributed by atoms with Gasteiger partial charge in [0.15, 0.2) is 0 Å². The van der Waals surface area contributed by atoms with Crippen LogP contribution in [0.2, 0.25) is 5.02 Å². The first-order valence-corrected chi connectivity index (χ1v) is 6.51. The van der Waals surface area contributed by atoms with Crippen molar-refractivity contribution in [3.63, 3.8) is 0 Å². The van der Waals surface area contributed by atoms with Gasteiger partial charge in [-0.3, -0.25) is 0 Å². The minimum Gasteiger partial charge on any atom is -0.478 e. The van der Waals surface area contributed by atoms with Gasteiger partial charge in [-0.25, -0.2) is 9.59 Å². The standard InChI is InChI=1S/C15H13ClN2O3/c1-9-12(16)3-2-4-13(9)18-15(21)17-11-7-5-10(6-8-11)14(19)20/h2-8H,1H3,(H,19,20)(H2,17,18,21). The van der Waals surface area contributed by atoms with Gasteiger partial charge in [0.2, 0.25) is 0 Å². The van der Waals surface area contributed by atoms with E-state index in [2.05, 4.69) is 10.6 Å². The third-order valence-corrected chi connectivity index (χ3v) is 3.32. The number of hydrogen-bond acceptors (Lipinski definition) is 2. The molecule has 0 aliphatic heterocycles. The second-order valence-electron chi connectivity index (χ2n) is 4.37. The Balaban J connectivity index is 2.04. The summed E-state index contributed by atoms with van der Waals surface area (Å²) in [5.41, 5.74) is 2.04. The fourth-order valence-electron chi connectivity index (χ4n) is 1.72. The molecule has 0 aliphatic carbocycles. The highest BCUT2D eigenvalue weighted by Crippen LogP contribution is 2.23. The van der Waals surface area contributed by atoms with Gasteiger partial charge in [-0.05, 0) is 48.9 Å². The summed E-state index contributed by atoms with van der Waals surface area (Å²) >= 11 is 5.98. The molecule has 0 saturated carbocycles. The number of amides is 2. The van der Waals surface area contributed by atoms with Gasteiger partial charge in [-0.15, -0.1) is 0 Å². The average molecular weight is 305 g/mol. The van der Waals surface area contributed by atoms with Gasteiger partial charge in [0, 0.05) is 16.4 Å². The summed E-state index contributed by atoms with van der Waals surface area (Å²) in [5, 5.41) is 14.7. The number of carboxylic acid groups (broad SMARTS) is 1. The van der Waals surface area contributed by atoms with E-state index in [1.165, 1.54) is 24.3 Å². The van der Waals surface area contributed by atoms with Crippen molar-refractivity contribution in [1.29, 1.82) is 0 Å². The lowest BCUT2D eigenvalue weighted by atomic mass is 10.2. The fraction of sp³-hybridized carbons (Fsp3) is 0.0667. The zero-order valence-corrected chi connectivity index (χ0v) is 11.9. The molecule has 2 aromatic rings. The lowest BCUT2D eigenvalue weighted by Gasteiger charge is -2.10. The van der Waals surface area contributed by atoms with Crippen molar-refractivity contribution < 1.29 is 14.7 Å². The van der Waals surface area contributed by atoms with E-state index in [0.717, 1.165) is 5.56 Å². The summed E-state index contributed by atoms with van der Waals surface area (Å²) in [6, 6.07) is 10.7. The van der Waals surface area contributed by atoms with Gasteiger partial charge in [-0.1, -0.05) is 17.7 Å². The number of hydrogen-bond donors (Lipinski definition) is 3. The summed E-state index contributed by atoms with van der Waals surface area (Å²) in [6.07, 6.45) is 0. The molecule has 0 heterocycles. The molecule has 3 N–H and O–H groups in total. The van der Waals surface area contributed by atoms with Crippen LogP contribution >= 0.6 is 11.6 Å². The third kappa shape index (κ3) is 3.73. The number of carbonyl (C=O) groups is 2. The topological polar surface area (TPSA) is 78.4 Å². The van der Waals surface area contributed by atoms with Gasteiger partial charge in [0.1, 0.15) is 0 Å². The van der Waals surface area contributed by atoms with Crippen LogP contribution in [0.25, 0.3) is 0 Å². The molecule has 0 aliphatic rings. The van der Waals surface area contributed by atoms with Crippen LogP contribution in [0, 0.1) is 6.92 Å². The lowest BCUT2D eigenvalue weighted by Crippen LogP contribution is -2.20. The summed E-state index contributed by atoms with van der Waals surface area (Å²) in [5.74, 6) is -1.01. The highest BCUT2D eigenvalue weighted by atomic mass is 35.5. The zero-order valence-electron chi connectivity index (χ0n) is 11.2. The maximum absolute atomic E-state index is 11.9. The Bertz CT molecular complexity index is 684. The van der Waals surface area contributed by atoms with Crippen LogP contribution in [0.4, 0.5) is 16.2 Å². The molecule has 2 rings (SSSR count). The molecule has 5 nitrogen and oxygen atoms in total. The molecule has 0 bridgehead atoms. The van der Waals surface area contributed by atoms with E-state index in [1.54, 1.807) is 25.1 Å². The number of carboxylic acids is 1. The Morgan fingerprint density at radius 1 is 1.05 bits per heavy atom. The monoisotopic (exact) mass is 304 g/mol. The molecular weight excluding hydrogens is 292 g/mol. The Labute approximate surface area is 126 Å². The van der Waals surface area contributed by atoms with E-state index in [0.29, 0.717) is 16.4 Å². The molecular formula is C15H13ClN2O3. The molecule has 0 spiro atoms. The lowest BCUT2D eigenvalue weighted by molar-refractivity contribution is 0.0697. The number of carbonyl (C=O) groups excluding carboxylic acids is 1. The van der Waals surface area contributed by atoms with Crippen molar-refractivity contribution in [1.82, 2.24) is 0 Å². The van der Waals surface area contributed by atoms with Crippen LogP contribution in [0.5, 0.6) is 0 Å². The van der Waals surface area contributed by atoms with E-state index in [-0.39, 0.29) is 5.56 Å². The molecule has 2 aromatic carbocycles. The summed E-state index contributed by atoms with van der Waals surface area (Å²) in [7, 11) is 0. The number of urea groups is 1. The van der Waals surface area contributed by atoms with Crippen molar-refractivity contribution in [3.05, 3.63) is 58.6 Å². The van der Waals surface area contributed by atoms with Gasteiger partial charge in [0.05, 0.1) is 5.56 Å². The first kappa shape index (κ1) is 14.9. The van der Waals surface area contributed by atoms with E-state index >= 15 is 0 Å². The quantitative estimate of drug-likeness (QED) is 0.802. The molecule has 2 amide bonds. The van der Waals surface area contributed by atoms with Gasteiger partial charge in [0.25, 0.3) is 0 Å². The van der Waals surface area contributed by atoms with Crippen molar-refractivity contribution in [2.24, 2.45) is 0 Å². The Morgan fingerprint density at radius 2 is 1.71 bits per heavy atom. The highest BCUT2D eigenvalue weighted by molar-refractivity contribution is 6.31. The number of halogens is 1. The maximum Gasteiger partial charge on any atom is 0.335 e. The zero-order chi connectivity index (χ0) is 15.4. The molecule has 0 unspecified atom stereocenters. The number of benzene rings is 2. The summed E-state index contributed by atoms with van der Waals surface area (Å²) in [6.45, 7) is 1.81. The average Bonchev–Trinajstić information content (AvgIpc) is 2.44. The Hall–Kier alpha value is -2.53. The highest BCUT2D eigenvalue weighted by Gasteiger charge is 2.07. The van der Waals surface area contributed by atoms with Gasteiger partial charge >= 0.3 is 12.0 Å². The molecule has 21 heavy (non-hydrogen) atoms. The predicted octanol–water partition coefficient (Wildman–Crippen LogP) is 3.99. The summed E-state index contributed by atoms with van der Waals surface area (Å²) in [4.78, 5) is 22.6.